The fourth-order valence-electron chi connectivity index (χ4n) is 2.41. The summed E-state index contributed by atoms with van der Waals surface area (Å²) in [5.74, 6) is 0.578. The molecule has 3 atom stereocenters. The van der Waals surface area contributed by atoms with Crippen LogP contribution in [0, 0.1) is 12.8 Å². The third-order valence-electron chi connectivity index (χ3n) is 3.32. The topological polar surface area (TPSA) is 29.1 Å². The van der Waals surface area contributed by atoms with Crippen molar-refractivity contribution in [1.29, 1.82) is 0 Å². The first-order valence-corrected chi connectivity index (χ1v) is 5.46. The zero-order valence-corrected chi connectivity index (χ0v) is 9.45. The van der Waals surface area contributed by atoms with Crippen LogP contribution in [0.3, 0.4) is 0 Å². The van der Waals surface area contributed by atoms with E-state index < -0.39 is 0 Å². The summed E-state index contributed by atoms with van der Waals surface area (Å²) >= 11 is 0. The molecule has 2 heteroatoms. The smallest absolute Gasteiger partial charge is 0.223 e. The van der Waals surface area contributed by atoms with Gasteiger partial charge in [-0.05, 0) is 19.4 Å². The molecule has 0 unspecified atom stereocenters. The highest BCUT2D eigenvalue weighted by atomic mass is 16.2. The van der Waals surface area contributed by atoms with Crippen molar-refractivity contribution in [2.24, 2.45) is 5.92 Å². The molecule has 0 radical (unpaired) electrons. The molecule has 1 fully saturated rings. The monoisotopic (exact) mass is 203 g/mol. The van der Waals surface area contributed by atoms with Gasteiger partial charge in [-0.15, -0.1) is 0 Å². The molecule has 0 aromatic heterocycles. The lowest BCUT2D eigenvalue weighted by atomic mass is 9.85. The number of nitrogens with one attached hydrogen (secondary N) is 1. The third kappa shape index (κ3) is 1.76. The highest BCUT2D eigenvalue weighted by molar-refractivity contribution is 5.82. The van der Waals surface area contributed by atoms with Crippen LogP contribution < -0.4 is 5.32 Å². The molecule has 0 saturated carbocycles. The van der Waals surface area contributed by atoms with Crippen LogP contribution in [0.2, 0.25) is 0 Å². The van der Waals surface area contributed by atoms with Crippen LogP contribution in [0.15, 0.2) is 24.3 Å². The van der Waals surface area contributed by atoms with Crippen LogP contribution in [-0.2, 0) is 4.79 Å². The Morgan fingerprint density at radius 3 is 2.20 bits per heavy atom. The molecular formula is C13H17NO. The summed E-state index contributed by atoms with van der Waals surface area (Å²) in [7, 11) is 0. The molecule has 0 spiro atoms. The number of aryl methyl sites for hydroxylation is 1. The zero-order valence-electron chi connectivity index (χ0n) is 9.45. The minimum absolute atomic E-state index is 0.0858. The Bertz CT molecular complexity index is 369. The number of rotatable bonds is 1. The van der Waals surface area contributed by atoms with Crippen LogP contribution in [-0.4, -0.2) is 11.9 Å². The predicted octanol–water partition coefficient (Wildman–Crippen LogP) is 2.23. The summed E-state index contributed by atoms with van der Waals surface area (Å²) in [6, 6.07) is 8.73. The van der Waals surface area contributed by atoms with Gasteiger partial charge in [-0.3, -0.25) is 4.79 Å². The lowest BCUT2D eigenvalue weighted by Crippen LogP contribution is -2.24. The Morgan fingerprint density at radius 1 is 1.13 bits per heavy atom. The fraction of sp³-hybridized carbons (Fsp3) is 0.462. The normalized spacial score (nSPS) is 30.3. The predicted molar refractivity (Wildman–Crippen MR) is 60.7 cm³/mol. The van der Waals surface area contributed by atoms with E-state index in [-0.39, 0.29) is 17.9 Å². The van der Waals surface area contributed by atoms with Crippen LogP contribution >= 0.6 is 0 Å². The van der Waals surface area contributed by atoms with Crippen molar-refractivity contribution in [3.05, 3.63) is 35.4 Å². The summed E-state index contributed by atoms with van der Waals surface area (Å²) in [4.78, 5) is 11.5. The lowest BCUT2D eigenvalue weighted by molar-refractivity contribution is -0.122. The average molecular weight is 203 g/mol. The summed E-state index contributed by atoms with van der Waals surface area (Å²) in [5, 5.41) is 2.99. The van der Waals surface area contributed by atoms with Gasteiger partial charge in [-0.2, -0.15) is 0 Å². The SMILES string of the molecule is Cc1ccc([C@H]2[C@H](C)NC(=O)[C@@H]2C)cc1. The first-order valence-electron chi connectivity index (χ1n) is 5.46. The second kappa shape index (κ2) is 3.69. The summed E-state index contributed by atoms with van der Waals surface area (Å²) in [6.07, 6.45) is 0. The standard InChI is InChI=1S/C13H17NO/c1-8-4-6-11(7-5-8)12-9(2)13(15)14-10(12)3/h4-7,9-10,12H,1-3H3,(H,14,15)/t9-,10+,12-/m1/s1. The lowest BCUT2D eigenvalue weighted by Gasteiger charge is -2.18. The highest BCUT2D eigenvalue weighted by Crippen LogP contribution is 2.33. The van der Waals surface area contributed by atoms with E-state index in [4.69, 9.17) is 0 Å². The van der Waals surface area contributed by atoms with E-state index in [1.807, 2.05) is 6.92 Å². The van der Waals surface area contributed by atoms with Crippen molar-refractivity contribution in [3.63, 3.8) is 0 Å². The Kier molecular flexibility index (Phi) is 2.51. The molecule has 1 N–H and O–H groups in total. The van der Waals surface area contributed by atoms with Gasteiger partial charge in [-0.1, -0.05) is 36.8 Å². The minimum atomic E-state index is 0.0858. The van der Waals surface area contributed by atoms with E-state index >= 15 is 0 Å². The van der Waals surface area contributed by atoms with Crippen molar-refractivity contribution >= 4 is 5.91 Å². The molecule has 0 bridgehead atoms. The van der Waals surface area contributed by atoms with Crippen molar-refractivity contribution in [2.75, 3.05) is 0 Å². The van der Waals surface area contributed by atoms with E-state index in [0.29, 0.717) is 5.92 Å². The van der Waals surface area contributed by atoms with E-state index in [1.54, 1.807) is 0 Å². The number of hydrogen-bond acceptors (Lipinski definition) is 1. The molecule has 1 saturated heterocycles. The fourth-order valence-corrected chi connectivity index (χ4v) is 2.41. The Hall–Kier alpha value is -1.31. The number of carbonyl (C=O) groups excluding carboxylic acids is 1. The molecular weight excluding hydrogens is 186 g/mol. The van der Waals surface area contributed by atoms with E-state index in [9.17, 15) is 4.79 Å². The molecule has 1 aliphatic heterocycles. The van der Waals surface area contributed by atoms with Crippen molar-refractivity contribution in [2.45, 2.75) is 32.7 Å². The Labute approximate surface area is 90.7 Å². The molecule has 2 nitrogen and oxygen atoms in total. The quantitative estimate of drug-likeness (QED) is 0.745. The van der Waals surface area contributed by atoms with Gasteiger partial charge in [0.2, 0.25) is 5.91 Å². The average Bonchev–Trinajstić information content (AvgIpc) is 2.44. The molecule has 2 rings (SSSR count). The van der Waals surface area contributed by atoms with Crippen molar-refractivity contribution in [1.82, 2.24) is 5.32 Å². The largest absolute Gasteiger partial charge is 0.353 e. The molecule has 1 amide bonds. The van der Waals surface area contributed by atoms with E-state index in [0.717, 1.165) is 0 Å². The second-order valence-electron chi connectivity index (χ2n) is 4.52. The van der Waals surface area contributed by atoms with Crippen LogP contribution in [0.5, 0.6) is 0 Å². The molecule has 15 heavy (non-hydrogen) atoms. The van der Waals surface area contributed by atoms with Crippen LogP contribution in [0.25, 0.3) is 0 Å². The van der Waals surface area contributed by atoms with Gasteiger partial charge in [0.05, 0.1) is 0 Å². The van der Waals surface area contributed by atoms with Crippen molar-refractivity contribution < 1.29 is 4.79 Å². The molecule has 1 aromatic rings. The van der Waals surface area contributed by atoms with E-state index in [2.05, 4.69) is 43.4 Å². The van der Waals surface area contributed by atoms with Gasteiger partial charge < -0.3 is 5.32 Å². The number of amides is 1. The molecule has 1 aliphatic rings. The van der Waals surface area contributed by atoms with E-state index in [1.165, 1.54) is 11.1 Å². The maximum absolute atomic E-state index is 11.5. The summed E-state index contributed by atoms with van der Waals surface area (Å²) < 4.78 is 0. The van der Waals surface area contributed by atoms with Gasteiger partial charge in [0.1, 0.15) is 0 Å². The molecule has 1 aromatic carbocycles. The maximum Gasteiger partial charge on any atom is 0.223 e. The minimum Gasteiger partial charge on any atom is -0.353 e. The summed E-state index contributed by atoms with van der Waals surface area (Å²) in [6.45, 7) is 6.16. The first-order chi connectivity index (χ1) is 7.09. The van der Waals surface area contributed by atoms with Gasteiger partial charge in [-0.25, -0.2) is 0 Å². The van der Waals surface area contributed by atoms with Crippen LogP contribution in [0.1, 0.15) is 30.9 Å². The second-order valence-corrected chi connectivity index (χ2v) is 4.52. The van der Waals surface area contributed by atoms with Crippen LogP contribution in [0.4, 0.5) is 0 Å². The number of carbonyl (C=O) groups is 1. The molecule has 1 heterocycles. The van der Waals surface area contributed by atoms with Gasteiger partial charge >= 0.3 is 0 Å². The number of benzene rings is 1. The Balaban J connectivity index is 2.30. The third-order valence-corrected chi connectivity index (χ3v) is 3.32. The van der Waals surface area contributed by atoms with Crippen molar-refractivity contribution in [3.8, 4) is 0 Å². The highest BCUT2D eigenvalue weighted by Gasteiger charge is 2.37. The first kappa shape index (κ1) is 10.2. The number of hydrogen-bond donors (Lipinski definition) is 1. The maximum atomic E-state index is 11.5. The molecule has 80 valence electrons. The zero-order chi connectivity index (χ0) is 11.0. The van der Waals surface area contributed by atoms with Gasteiger partial charge in [0.25, 0.3) is 0 Å². The summed E-state index contributed by atoms with van der Waals surface area (Å²) in [5.41, 5.74) is 2.52. The van der Waals surface area contributed by atoms with Gasteiger partial charge in [0, 0.05) is 17.9 Å². The van der Waals surface area contributed by atoms with Gasteiger partial charge in [0.15, 0.2) is 0 Å². The Morgan fingerprint density at radius 2 is 1.73 bits per heavy atom. The molecule has 0 aliphatic carbocycles.